The Morgan fingerprint density at radius 1 is 1.17 bits per heavy atom. The van der Waals surface area contributed by atoms with Gasteiger partial charge in [-0.25, -0.2) is 0 Å². The van der Waals surface area contributed by atoms with Crippen molar-refractivity contribution in [2.75, 3.05) is 13.1 Å². The second-order valence-electron chi connectivity index (χ2n) is 5.78. The molecule has 100 valence electrons. The SMILES string of the molecule is CCCCNCC(=O)c1ccc(C(C)(C)C)cc1. The zero-order valence-electron chi connectivity index (χ0n) is 12.0. The van der Waals surface area contributed by atoms with Crippen molar-refractivity contribution in [1.29, 1.82) is 0 Å². The van der Waals surface area contributed by atoms with Crippen LogP contribution in [0.25, 0.3) is 0 Å². The van der Waals surface area contributed by atoms with E-state index < -0.39 is 0 Å². The van der Waals surface area contributed by atoms with E-state index in [0.717, 1.165) is 24.9 Å². The highest BCUT2D eigenvalue weighted by Gasteiger charge is 2.14. The summed E-state index contributed by atoms with van der Waals surface area (Å²) in [5.41, 5.74) is 2.20. The number of carbonyl (C=O) groups excluding carboxylic acids is 1. The molecule has 0 radical (unpaired) electrons. The Morgan fingerprint density at radius 3 is 2.28 bits per heavy atom. The Kier molecular flexibility index (Phi) is 5.54. The molecule has 1 aromatic rings. The first-order valence-corrected chi connectivity index (χ1v) is 6.79. The Labute approximate surface area is 111 Å². The number of carbonyl (C=O) groups is 1. The lowest BCUT2D eigenvalue weighted by Gasteiger charge is -2.19. The lowest BCUT2D eigenvalue weighted by molar-refractivity contribution is 0.0991. The summed E-state index contributed by atoms with van der Waals surface area (Å²) in [5, 5.41) is 3.18. The van der Waals surface area contributed by atoms with E-state index in [2.05, 4.69) is 45.1 Å². The maximum absolute atomic E-state index is 11.9. The normalized spacial score (nSPS) is 11.6. The molecule has 0 unspecified atom stereocenters. The minimum absolute atomic E-state index is 0.140. The zero-order valence-corrected chi connectivity index (χ0v) is 12.0. The van der Waals surface area contributed by atoms with Crippen LogP contribution < -0.4 is 5.32 Å². The van der Waals surface area contributed by atoms with Crippen molar-refractivity contribution in [2.45, 2.75) is 46.0 Å². The van der Waals surface area contributed by atoms with Gasteiger partial charge in [0, 0.05) is 5.56 Å². The van der Waals surface area contributed by atoms with Gasteiger partial charge in [0.25, 0.3) is 0 Å². The first-order chi connectivity index (χ1) is 8.45. The first-order valence-electron chi connectivity index (χ1n) is 6.79. The summed E-state index contributed by atoms with van der Waals surface area (Å²) in [6, 6.07) is 7.98. The van der Waals surface area contributed by atoms with Gasteiger partial charge in [0.15, 0.2) is 5.78 Å². The van der Waals surface area contributed by atoms with Crippen LogP contribution in [-0.4, -0.2) is 18.9 Å². The largest absolute Gasteiger partial charge is 0.310 e. The average molecular weight is 247 g/mol. The Balaban J connectivity index is 2.54. The molecule has 0 aromatic heterocycles. The summed E-state index contributed by atoms with van der Waals surface area (Å²) in [6.45, 7) is 10.0. The fourth-order valence-corrected chi connectivity index (χ4v) is 1.76. The molecule has 0 fully saturated rings. The molecule has 0 amide bonds. The van der Waals surface area contributed by atoms with Gasteiger partial charge >= 0.3 is 0 Å². The quantitative estimate of drug-likeness (QED) is 0.615. The summed E-state index contributed by atoms with van der Waals surface area (Å²) in [4.78, 5) is 11.9. The van der Waals surface area contributed by atoms with Crippen molar-refractivity contribution in [3.05, 3.63) is 35.4 Å². The Bertz CT molecular complexity index is 373. The third-order valence-corrected chi connectivity index (χ3v) is 3.07. The van der Waals surface area contributed by atoms with E-state index in [-0.39, 0.29) is 11.2 Å². The monoisotopic (exact) mass is 247 g/mol. The first kappa shape index (κ1) is 14.9. The average Bonchev–Trinajstić information content (AvgIpc) is 2.33. The number of Topliss-reactive ketones (excluding diaryl/α,β-unsaturated/α-hetero) is 1. The fraction of sp³-hybridized carbons (Fsp3) is 0.562. The molecule has 18 heavy (non-hydrogen) atoms. The number of rotatable bonds is 6. The van der Waals surface area contributed by atoms with Gasteiger partial charge in [0.05, 0.1) is 6.54 Å². The molecule has 2 nitrogen and oxygen atoms in total. The van der Waals surface area contributed by atoms with Gasteiger partial charge in [-0.3, -0.25) is 4.79 Å². The molecule has 0 aliphatic rings. The van der Waals surface area contributed by atoms with E-state index >= 15 is 0 Å². The molecular formula is C16H25NO. The van der Waals surface area contributed by atoms with E-state index in [0.29, 0.717) is 6.54 Å². The predicted molar refractivity (Wildman–Crippen MR) is 77.3 cm³/mol. The summed E-state index contributed by atoms with van der Waals surface area (Å²) >= 11 is 0. The zero-order chi connectivity index (χ0) is 13.6. The van der Waals surface area contributed by atoms with Crippen LogP contribution in [0, 0.1) is 0 Å². The highest BCUT2D eigenvalue weighted by molar-refractivity contribution is 5.97. The number of benzene rings is 1. The van der Waals surface area contributed by atoms with Crippen LogP contribution in [0.5, 0.6) is 0 Å². The van der Waals surface area contributed by atoms with Crippen molar-refractivity contribution in [2.24, 2.45) is 0 Å². The summed E-state index contributed by atoms with van der Waals surface area (Å²) in [7, 11) is 0. The molecule has 1 aromatic carbocycles. The second-order valence-corrected chi connectivity index (χ2v) is 5.78. The summed E-state index contributed by atoms with van der Waals surface area (Å²) < 4.78 is 0. The lowest BCUT2D eigenvalue weighted by atomic mass is 9.86. The van der Waals surface area contributed by atoms with Crippen molar-refractivity contribution in [3.63, 3.8) is 0 Å². The molecule has 0 aliphatic heterocycles. The Morgan fingerprint density at radius 2 is 1.78 bits per heavy atom. The molecule has 0 saturated heterocycles. The highest BCUT2D eigenvalue weighted by atomic mass is 16.1. The van der Waals surface area contributed by atoms with E-state index in [1.165, 1.54) is 5.56 Å². The van der Waals surface area contributed by atoms with E-state index in [1.54, 1.807) is 0 Å². The summed E-state index contributed by atoms with van der Waals surface area (Å²) in [5.74, 6) is 0.173. The minimum atomic E-state index is 0.140. The number of unbranched alkanes of at least 4 members (excludes halogenated alkanes) is 1. The molecule has 0 spiro atoms. The molecular weight excluding hydrogens is 222 g/mol. The molecule has 1 rings (SSSR count). The number of nitrogens with one attached hydrogen (secondary N) is 1. The van der Waals surface area contributed by atoms with Crippen LogP contribution in [0.1, 0.15) is 56.5 Å². The molecule has 0 atom stereocenters. The van der Waals surface area contributed by atoms with Crippen LogP contribution in [0.3, 0.4) is 0 Å². The number of hydrogen-bond donors (Lipinski definition) is 1. The van der Waals surface area contributed by atoms with Crippen LogP contribution >= 0.6 is 0 Å². The minimum Gasteiger partial charge on any atom is -0.310 e. The van der Waals surface area contributed by atoms with Crippen LogP contribution in [0.4, 0.5) is 0 Å². The smallest absolute Gasteiger partial charge is 0.176 e. The van der Waals surface area contributed by atoms with Gasteiger partial charge in [0.1, 0.15) is 0 Å². The van der Waals surface area contributed by atoms with Gasteiger partial charge in [-0.1, -0.05) is 58.4 Å². The van der Waals surface area contributed by atoms with Gasteiger partial charge in [-0.05, 0) is 23.9 Å². The van der Waals surface area contributed by atoms with Crippen molar-refractivity contribution in [3.8, 4) is 0 Å². The second kappa shape index (κ2) is 6.69. The summed E-state index contributed by atoms with van der Waals surface area (Å²) in [6.07, 6.45) is 2.28. The third kappa shape index (κ3) is 4.61. The molecule has 0 bridgehead atoms. The van der Waals surface area contributed by atoms with Crippen molar-refractivity contribution in [1.82, 2.24) is 5.32 Å². The molecule has 0 saturated carbocycles. The maximum atomic E-state index is 11.9. The fourth-order valence-electron chi connectivity index (χ4n) is 1.76. The molecule has 2 heteroatoms. The van der Waals surface area contributed by atoms with E-state index in [9.17, 15) is 4.79 Å². The van der Waals surface area contributed by atoms with Gasteiger partial charge in [0.2, 0.25) is 0 Å². The molecule has 0 heterocycles. The maximum Gasteiger partial charge on any atom is 0.176 e. The number of ketones is 1. The van der Waals surface area contributed by atoms with Crippen molar-refractivity contribution < 1.29 is 4.79 Å². The van der Waals surface area contributed by atoms with Gasteiger partial charge in [-0.2, -0.15) is 0 Å². The van der Waals surface area contributed by atoms with Crippen LogP contribution in [0.2, 0.25) is 0 Å². The van der Waals surface area contributed by atoms with Gasteiger partial charge < -0.3 is 5.32 Å². The topological polar surface area (TPSA) is 29.1 Å². The predicted octanol–water partition coefficient (Wildman–Crippen LogP) is 3.56. The van der Waals surface area contributed by atoms with Crippen molar-refractivity contribution >= 4 is 5.78 Å². The Hall–Kier alpha value is -1.15. The lowest BCUT2D eigenvalue weighted by Crippen LogP contribution is -2.24. The molecule has 0 aliphatic carbocycles. The molecule has 1 N–H and O–H groups in total. The highest BCUT2D eigenvalue weighted by Crippen LogP contribution is 2.22. The van der Waals surface area contributed by atoms with Crippen LogP contribution in [-0.2, 0) is 5.41 Å². The van der Waals surface area contributed by atoms with E-state index in [4.69, 9.17) is 0 Å². The van der Waals surface area contributed by atoms with Crippen LogP contribution in [0.15, 0.2) is 24.3 Å². The third-order valence-electron chi connectivity index (χ3n) is 3.07. The standard InChI is InChI=1S/C16H25NO/c1-5-6-11-17-12-15(18)13-7-9-14(10-8-13)16(2,3)4/h7-10,17H,5-6,11-12H2,1-4H3. The number of hydrogen-bond acceptors (Lipinski definition) is 2. The van der Waals surface area contributed by atoms with Gasteiger partial charge in [-0.15, -0.1) is 0 Å². The van der Waals surface area contributed by atoms with E-state index in [1.807, 2.05) is 12.1 Å².